The predicted octanol–water partition coefficient (Wildman–Crippen LogP) is 3.02. The summed E-state index contributed by atoms with van der Waals surface area (Å²) in [6.07, 6.45) is 1.59. The van der Waals surface area contributed by atoms with E-state index >= 15 is 0 Å². The first kappa shape index (κ1) is 18.3. The van der Waals surface area contributed by atoms with Crippen LogP contribution in [0.1, 0.15) is 31.9 Å². The molecular weight excluding hydrogens is 324 g/mol. The molecule has 0 saturated carbocycles. The van der Waals surface area contributed by atoms with Gasteiger partial charge in [0.15, 0.2) is 0 Å². The molecule has 5 nitrogen and oxygen atoms in total. The number of hydrogen-bond donors (Lipinski definition) is 2. The van der Waals surface area contributed by atoms with Crippen LogP contribution in [-0.2, 0) is 9.84 Å². The fraction of sp³-hybridized carbons (Fsp3) is 0.389. The first-order valence-corrected chi connectivity index (χ1v) is 10.0. The fourth-order valence-corrected chi connectivity index (χ4v) is 3.41. The van der Waals surface area contributed by atoms with Gasteiger partial charge in [-0.2, -0.15) is 0 Å². The molecule has 0 fully saturated rings. The summed E-state index contributed by atoms with van der Waals surface area (Å²) < 4.78 is 22.4. The first-order chi connectivity index (χ1) is 11.3. The highest BCUT2D eigenvalue weighted by molar-refractivity contribution is 7.90. The van der Waals surface area contributed by atoms with Gasteiger partial charge in [0.05, 0.1) is 11.8 Å². The van der Waals surface area contributed by atoms with Gasteiger partial charge in [-0.3, -0.25) is 0 Å². The van der Waals surface area contributed by atoms with Crippen molar-refractivity contribution in [2.45, 2.75) is 32.4 Å². The molecule has 0 spiro atoms. The van der Waals surface area contributed by atoms with Gasteiger partial charge in [-0.05, 0) is 36.6 Å². The first-order valence-electron chi connectivity index (χ1n) is 7.98. The molecule has 2 aromatic carbocycles. The molecule has 2 atom stereocenters. The van der Waals surface area contributed by atoms with E-state index in [9.17, 15) is 13.2 Å². The maximum atomic E-state index is 12.1. The maximum absolute atomic E-state index is 12.1. The number of fused-ring (bicyclic) bond motifs is 1. The van der Waals surface area contributed by atoms with Gasteiger partial charge in [0.1, 0.15) is 9.84 Å². The van der Waals surface area contributed by atoms with Crippen molar-refractivity contribution >= 4 is 26.6 Å². The fourth-order valence-electron chi connectivity index (χ4n) is 2.63. The van der Waals surface area contributed by atoms with E-state index < -0.39 is 9.84 Å². The average molecular weight is 348 g/mol. The Hall–Kier alpha value is -2.08. The minimum Gasteiger partial charge on any atom is -0.336 e. The van der Waals surface area contributed by atoms with Crippen LogP contribution in [0, 0.1) is 0 Å². The van der Waals surface area contributed by atoms with E-state index in [0.29, 0.717) is 6.42 Å². The molecule has 0 aromatic heterocycles. The van der Waals surface area contributed by atoms with Crippen LogP contribution in [0.15, 0.2) is 42.5 Å². The van der Waals surface area contributed by atoms with E-state index in [1.165, 1.54) is 6.26 Å². The molecule has 0 radical (unpaired) electrons. The van der Waals surface area contributed by atoms with Crippen molar-refractivity contribution in [2.24, 2.45) is 0 Å². The maximum Gasteiger partial charge on any atom is 0.315 e. The van der Waals surface area contributed by atoms with Crippen LogP contribution in [0.5, 0.6) is 0 Å². The minimum absolute atomic E-state index is 0.0628. The van der Waals surface area contributed by atoms with Gasteiger partial charge in [0.25, 0.3) is 0 Å². The third-order valence-electron chi connectivity index (χ3n) is 3.94. The highest BCUT2D eigenvalue weighted by atomic mass is 32.2. The smallest absolute Gasteiger partial charge is 0.315 e. The Morgan fingerprint density at radius 1 is 1.04 bits per heavy atom. The lowest BCUT2D eigenvalue weighted by atomic mass is 10.00. The highest BCUT2D eigenvalue weighted by Gasteiger charge is 2.14. The van der Waals surface area contributed by atoms with Gasteiger partial charge in [0, 0.05) is 12.3 Å². The molecule has 24 heavy (non-hydrogen) atoms. The number of rotatable bonds is 6. The molecule has 0 unspecified atom stereocenters. The second-order valence-corrected chi connectivity index (χ2v) is 8.49. The average Bonchev–Trinajstić information content (AvgIpc) is 2.51. The monoisotopic (exact) mass is 348 g/mol. The number of carbonyl (C=O) groups is 1. The summed E-state index contributed by atoms with van der Waals surface area (Å²) in [6.45, 7) is 3.73. The number of benzene rings is 2. The molecule has 0 bridgehead atoms. The quantitative estimate of drug-likeness (QED) is 0.842. The Balaban J connectivity index is 1.98. The van der Waals surface area contributed by atoms with Crippen molar-refractivity contribution < 1.29 is 13.2 Å². The van der Waals surface area contributed by atoms with Crippen molar-refractivity contribution in [3.8, 4) is 0 Å². The van der Waals surface area contributed by atoms with E-state index in [-0.39, 0.29) is 23.9 Å². The number of amides is 2. The summed E-state index contributed by atoms with van der Waals surface area (Å²) in [4.78, 5) is 12.1. The molecule has 130 valence electrons. The number of nitrogens with one attached hydrogen (secondary N) is 2. The molecule has 2 amide bonds. The van der Waals surface area contributed by atoms with Crippen molar-refractivity contribution in [1.29, 1.82) is 0 Å². The summed E-state index contributed by atoms with van der Waals surface area (Å²) in [6, 6.07) is 13.4. The lowest BCUT2D eigenvalue weighted by molar-refractivity contribution is 0.234. The summed E-state index contributed by atoms with van der Waals surface area (Å²) in [7, 11) is -3.02. The second kappa shape index (κ2) is 7.66. The third-order valence-corrected chi connectivity index (χ3v) is 4.91. The van der Waals surface area contributed by atoms with Gasteiger partial charge in [0.2, 0.25) is 0 Å². The van der Waals surface area contributed by atoms with Crippen molar-refractivity contribution in [1.82, 2.24) is 10.6 Å². The summed E-state index contributed by atoms with van der Waals surface area (Å²) in [5.41, 5.74) is 1.05. The van der Waals surface area contributed by atoms with Crippen LogP contribution in [-0.4, -0.2) is 32.5 Å². The molecule has 6 heteroatoms. The Morgan fingerprint density at radius 2 is 1.71 bits per heavy atom. The topological polar surface area (TPSA) is 75.3 Å². The molecule has 2 N–H and O–H groups in total. The van der Waals surface area contributed by atoms with Crippen molar-refractivity contribution in [3.05, 3.63) is 48.0 Å². The van der Waals surface area contributed by atoms with Gasteiger partial charge < -0.3 is 10.6 Å². The molecule has 2 rings (SSSR count). The van der Waals surface area contributed by atoms with Gasteiger partial charge in [-0.15, -0.1) is 0 Å². The van der Waals surface area contributed by atoms with Crippen LogP contribution >= 0.6 is 0 Å². The highest BCUT2D eigenvalue weighted by Crippen LogP contribution is 2.23. The second-order valence-electron chi connectivity index (χ2n) is 6.23. The Bertz CT molecular complexity index is 813. The van der Waals surface area contributed by atoms with Crippen molar-refractivity contribution in [3.63, 3.8) is 0 Å². The lowest BCUT2D eigenvalue weighted by Crippen LogP contribution is -2.42. The minimum atomic E-state index is -3.02. The van der Waals surface area contributed by atoms with Crippen LogP contribution < -0.4 is 10.6 Å². The largest absolute Gasteiger partial charge is 0.336 e. The zero-order chi connectivity index (χ0) is 17.7. The number of hydrogen-bond acceptors (Lipinski definition) is 3. The normalized spacial score (nSPS) is 14.1. The Kier molecular flexibility index (Phi) is 5.83. The van der Waals surface area contributed by atoms with E-state index in [1.54, 1.807) is 6.92 Å². The van der Waals surface area contributed by atoms with Crippen LogP contribution in [0.4, 0.5) is 4.79 Å². The van der Waals surface area contributed by atoms with E-state index in [4.69, 9.17) is 0 Å². The zero-order valence-electron chi connectivity index (χ0n) is 14.2. The predicted molar refractivity (Wildman–Crippen MR) is 97.8 cm³/mol. The van der Waals surface area contributed by atoms with Crippen LogP contribution in [0.2, 0.25) is 0 Å². The molecule has 0 aliphatic rings. The van der Waals surface area contributed by atoms with Gasteiger partial charge in [-0.25, -0.2) is 13.2 Å². The molecule has 0 aliphatic carbocycles. The molecule has 0 aliphatic heterocycles. The standard InChI is InChI=1S/C18H24N2O3S/c1-13(11-12-24(3,22)23)19-18(21)20-14(2)16-10-6-8-15-7-4-5-9-17(15)16/h4-10,13-14H,11-12H2,1-3H3,(H2,19,20,21)/t13-,14-/m1/s1. The van der Waals surface area contributed by atoms with E-state index in [2.05, 4.69) is 10.6 Å². The number of urea groups is 1. The summed E-state index contributed by atoms with van der Waals surface area (Å²) in [5.74, 6) is 0.0628. The lowest BCUT2D eigenvalue weighted by Gasteiger charge is -2.19. The molecular formula is C18H24N2O3S. The SMILES string of the molecule is C[C@H](CCS(C)(=O)=O)NC(=O)N[C@H](C)c1cccc2ccccc12. The van der Waals surface area contributed by atoms with Crippen LogP contribution in [0.3, 0.4) is 0 Å². The number of sulfone groups is 1. The van der Waals surface area contributed by atoms with E-state index in [0.717, 1.165) is 16.3 Å². The molecule has 2 aromatic rings. The summed E-state index contributed by atoms with van der Waals surface area (Å²) in [5, 5.41) is 7.94. The van der Waals surface area contributed by atoms with E-state index in [1.807, 2.05) is 49.4 Å². The molecule has 0 heterocycles. The van der Waals surface area contributed by atoms with Gasteiger partial charge >= 0.3 is 6.03 Å². The number of carbonyl (C=O) groups excluding carboxylic acids is 1. The summed E-state index contributed by atoms with van der Waals surface area (Å²) >= 11 is 0. The Morgan fingerprint density at radius 3 is 2.42 bits per heavy atom. The van der Waals surface area contributed by atoms with Crippen LogP contribution in [0.25, 0.3) is 10.8 Å². The van der Waals surface area contributed by atoms with Gasteiger partial charge in [-0.1, -0.05) is 42.5 Å². The molecule has 0 saturated heterocycles. The Labute approximate surface area is 143 Å². The zero-order valence-corrected chi connectivity index (χ0v) is 15.1. The third kappa shape index (κ3) is 5.23. The van der Waals surface area contributed by atoms with Crippen molar-refractivity contribution in [2.75, 3.05) is 12.0 Å².